The molecule has 0 radical (unpaired) electrons. The molecule has 2 atom stereocenters. The predicted molar refractivity (Wildman–Crippen MR) is 57.5 cm³/mol. The first-order valence-corrected chi connectivity index (χ1v) is 5.59. The summed E-state index contributed by atoms with van der Waals surface area (Å²) in [7, 11) is 0. The lowest BCUT2D eigenvalue weighted by molar-refractivity contribution is 0.0832. The number of piperidine rings is 1. The average molecular weight is 211 g/mol. The summed E-state index contributed by atoms with van der Waals surface area (Å²) in [6.45, 7) is 3.53. The molecule has 0 bridgehead atoms. The lowest BCUT2D eigenvalue weighted by Gasteiger charge is -2.33. The Balaban J connectivity index is 1.98. The molecule has 0 aliphatic carbocycles. The number of hydrogen-bond donors (Lipinski definition) is 1. The van der Waals surface area contributed by atoms with Crippen LogP contribution in [0, 0.1) is 5.92 Å². The number of halogens is 1. The first kappa shape index (κ1) is 10.7. The highest BCUT2D eigenvalue weighted by atomic mass is 19.1. The van der Waals surface area contributed by atoms with Gasteiger partial charge >= 0.3 is 0 Å². The second-order valence-electron chi connectivity index (χ2n) is 4.63. The largest absolute Gasteiger partial charge is 0.472 e. The zero-order valence-electron chi connectivity index (χ0n) is 9.13. The number of rotatable bonds is 3. The zero-order valence-corrected chi connectivity index (χ0v) is 9.13. The van der Waals surface area contributed by atoms with Gasteiger partial charge in [0.15, 0.2) is 0 Å². The minimum Gasteiger partial charge on any atom is -0.472 e. The second-order valence-corrected chi connectivity index (χ2v) is 4.63. The van der Waals surface area contributed by atoms with Gasteiger partial charge in [-0.2, -0.15) is 0 Å². The average Bonchev–Trinajstić information content (AvgIpc) is 2.71. The van der Waals surface area contributed by atoms with Gasteiger partial charge in [-0.15, -0.1) is 0 Å². The molecule has 84 valence electrons. The van der Waals surface area contributed by atoms with Crippen LogP contribution in [0.3, 0.4) is 0 Å². The van der Waals surface area contributed by atoms with E-state index in [2.05, 4.69) is 5.32 Å². The van der Waals surface area contributed by atoms with Crippen molar-refractivity contribution in [1.29, 1.82) is 0 Å². The van der Waals surface area contributed by atoms with E-state index in [0.29, 0.717) is 6.42 Å². The summed E-state index contributed by atoms with van der Waals surface area (Å²) in [5, 5.41) is 3.26. The summed E-state index contributed by atoms with van der Waals surface area (Å²) >= 11 is 0. The fourth-order valence-corrected chi connectivity index (χ4v) is 2.30. The van der Waals surface area contributed by atoms with E-state index in [-0.39, 0.29) is 5.92 Å². The van der Waals surface area contributed by atoms with Gasteiger partial charge in [0.25, 0.3) is 0 Å². The van der Waals surface area contributed by atoms with Gasteiger partial charge in [-0.3, -0.25) is 0 Å². The van der Waals surface area contributed by atoms with Crippen LogP contribution in [-0.2, 0) is 6.42 Å². The third kappa shape index (κ3) is 2.59. The molecule has 0 aromatic carbocycles. The van der Waals surface area contributed by atoms with Gasteiger partial charge in [0.05, 0.1) is 12.5 Å². The SMILES string of the molecule is CC(F)(Cc1ccoc1)C1CCCNC1. The second kappa shape index (κ2) is 4.35. The highest BCUT2D eigenvalue weighted by molar-refractivity contribution is 5.10. The summed E-state index contributed by atoms with van der Waals surface area (Å²) in [5.74, 6) is 0.126. The van der Waals surface area contributed by atoms with E-state index >= 15 is 0 Å². The van der Waals surface area contributed by atoms with Crippen molar-refractivity contribution in [3.05, 3.63) is 24.2 Å². The monoisotopic (exact) mass is 211 g/mol. The van der Waals surface area contributed by atoms with Gasteiger partial charge in [-0.05, 0) is 37.9 Å². The Bertz CT molecular complexity index is 289. The van der Waals surface area contributed by atoms with Crippen LogP contribution in [0.1, 0.15) is 25.3 Å². The van der Waals surface area contributed by atoms with E-state index in [9.17, 15) is 4.39 Å². The third-order valence-electron chi connectivity index (χ3n) is 3.28. The first-order valence-electron chi connectivity index (χ1n) is 5.59. The first-order chi connectivity index (χ1) is 7.18. The molecule has 0 amide bonds. The summed E-state index contributed by atoms with van der Waals surface area (Å²) < 4.78 is 19.4. The molecule has 2 unspecified atom stereocenters. The standard InChI is InChI=1S/C12H18FNO/c1-12(13,7-10-4-6-15-9-10)11-3-2-5-14-8-11/h4,6,9,11,14H,2-3,5,7-8H2,1H3. The van der Waals surface area contributed by atoms with Crippen molar-refractivity contribution < 1.29 is 8.81 Å². The maximum atomic E-state index is 14.5. The fourth-order valence-electron chi connectivity index (χ4n) is 2.30. The van der Waals surface area contributed by atoms with Crippen molar-refractivity contribution in [1.82, 2.24) is 5.32 Å². The third-order valence-corrected chi connectivity index (χ3v) is 3.28. The maximum absolute atomic E-state index is 14.5. The quantitative estimate of drug-likeness (QED) is 0.831. The van der Waals surface area contributed by atoms with Crippen molar-refractivity contribution in [2.75, 3.05) is 13.1 Å². The van der Waals surface area contributed by atoms with E-state index in [0.717, 1.165) is 31.5 Å². The lowest BCUT2D eigenvalue weighted by atomic mass is 9.81. The van der Waals surface area contributed by atoms with E-state index < -0.39 is 5.67 Å². The molecule has 2 nitrogen and oxygen atoms in total. The molecular formula is C12H18FNO. The molecule has 0 spiro atoms. The Morgan fingerprint density at radius 1 is 1.67 bits per heavy atom. The van der Waals surface area contributed by atoms with Gasteiger partial charge in [-0.25, -0.2) is 4.39 Å². The van der Waals surface area contributed by atoms with Gasteiger partial charge in [0.1, 0.15) is 5.67 Å². The molecule has 1 aromatic heterocycles. The smallest absolute Gasteiger partial charge is 0.116 e. The molecule has 1 saturated heterocycles. The Kier molecular flexibility index (Phi) is 3.10. The fraction of sp³-hybridized carbons (Fsp3) is 0.667. The molecule has 1 aromatic rings. The van der Waals surface area contributed by atoms with Crippen LogP contribution < -0.4 is 5.32 Å². The van der Waals surface area contributed by atoms with Crippen molar-refractivity contribution >= 4 is 0 Å². The van der Waals surface area contributed by atoms with Crippen molar-refractivity contribution in [3.63, 3.8) is 0 Å². The van der Waals surface area contributed by atoms with Crippen LogP contribution in [0.2, 0.25) is 0 Å². The topological polar surface area (TPSA) is 25.2 Å². The lowest BCUT2D eigenvalue weighted by Crippen LogP contribution is -2.42. The van der Waals surface area contributed by atoms with Crippen LogP contribution in [-0.4, -0.2) is 18.8 Å². The molecule has 2 rings (SSSR count). The summed E-state index contributed by atoms with van der Waals surface area (Å²) in [6.07, 6.45) is 5.75. The molecule has 1 aliphatic heterocycles. The minimum absolute atomic E-state index is 0.126. The van der Waals surface area contributed by atoms with Crippen LogP contribution in [0.4, 0.5) is 4.39 Å². The minimum atomic E-state index is -1.13. The maximum Gasteiger partial charge on any atom is 0.116 e. The number of alkyl halides is 1. The molecule has 2 heterocycles. The Morgan fingerprint density at radius 3 is 3.13 bits per heavy atom. The van der Waals surface area contributed by atoms with Crippen LogP contribution in [0.5, 0.6) is 0 Å². The van der Waals surface area contributed by atoms with Crippen molar-refractivity contribution in [3.8, 4) is 0 Å². The Hall–Kier alpha value is -0.830. The highest BCUT2D eigenvalue weighted by Crippen LogP contribution is 2.31. The molecule has 0 saturated carbocycles. The van der Waals surface area contributed by atoms with Gasteiger partial charge < -0.3 is 9.73 Å². The van der Waals surface area contributed by atoms with E-state index in [1.165, 1.54) is 0 Å². The number of hydrogen-bond acceptors (Lipinski definition) is 2. The van der Waals surface area contributed by atoms with Gasteiger partial charge in [0.2, 0.25) is 0 Å². The van der Waals surface area contributed by atoms with E-state index in [4.69, 9.17) is 4.42 Å². The highest BCUT2D eigenvalue weighted by Gasteiger charge is 2.35. The van der Waals surface area contributed by atoms with Crippen molar-refractivity contribution in [2.45, 2.75) is 31.9 Å². The van der Waals surface area contributed by atoms with Gasteiger partial charge in [0, 0.05) is 18.9 Å². The summed E-state index contributed by atoms with van der Waals surface area (Å²) in [4.78, 5) is 0. The normalized spacial score (nSPS) is 26.1. The van der Waals surface area contributed by atoms with Gasteiger partial charge in [-0.1, -0.05) is 0 Å². The van der Waals surface area contributed by atoms with Crippen LogP contribution in [0.25, 0.3) is 0 Å². The zero-order chi connectivity index (χ0) is 10.7. The number of nitrogens with one attached hydrogen (secondary N) is 1. The van der Waals surface area contributed by atoms with Crippen LogP contribution >= 0.6 is 0 Å². The predicted octanol–water partition coefficient (Wildman–Crippen LogP) is 2.55. The Morgan fingerprint density at radius 2 is 2.53 bits per heavy atom. The molecular weight excluding hydrogens is 193 g/mol. The Labute approximate surface area is 89.9 Å². The molecule has 1 N–H and O–H groups in total. The summed E-state index contributed by atoms with van der Waals surface area (Å²) in [5.41, 5.74) is -0.178. The van der Waals surface area contributed by atoms with E-state index in [1.54, 1.807) is 19.5 Å². The molecule has 3 heteroatoms. The van der Waals surface area contributed by atoms with Crippen molar-refractivity contribution in [2.24, 2.45) is 5.92 Å². The molecule has 1 fully saturated rings. The van der Waals surface area contributed by atoms with Crippen LogP contribution in [0.15, 0.2) is 23.0 Å². The molecule has 15 heavy (non-hydrogen) atoms. The molecule has 1 aliphatic rings. The number of furan rings is 1. The summed E-state index contributed by atoms with van der Waals surface area (Å²) in [6, 6.07) is 1.84. The van der Waals surface area contributed by atoms with E-state index in [1.807, 2.05) is 6.07 Å².